The highest BCUT2D eigenvalue weighted by Crippen LogP contribution is 2.32. The molecule has 0 aliphatic carbocycles. The number of cyclic esters (lactones) is 1. The molecule has 1 aliphatic rings. The molecule has 46 heavy (non-hydrogen) atoms. The SMILES string of the molecule is CCCCC/C=C/CCCCCCCCCCCCC/C=C1/OC(=O)C1CCCCCCCCCCCCC/C=C/CCCCC. The Kier molecular flexibility index (Phi) is 32.5. The highest BCUT2D eigenvalue weighted by atomic mass is 16.6. The second-order valence-electron chi connectivity index (χ2n) is 14.4. The molecule has 0 spiro atoms. The van der Waals surface area contributed by atoms with Gasteiger partial charge in [0.2, 0.25) is 0 Å². The number of unbranched alkanes of at least 4 members (excludes halogenated alkanes) is 29. The average Bonchev–Trinajstić information content (AvgIpc) is 3.06. The van der Waals surface area contributed by atoms with Gasteiger partial charge in [-0.15, -0.1) is 0 Å². The van der Waals surface area contributed by atoms with Crippen LogP contribution in [0.3, 0.4) is 0 Å². The molecule has 1 atom stereocenters. The lowest BCUT2D eigenvalue weighted by atomic mass is 9.93. The third-order valence-corrected chi connectivity index (χ3v) is 9.91. The highest BCUT2D eigenvalue weighted by Gasteiger charge is 2.36. The van der Waals surface area contributed by atoms with Gasteiger partial charge in [-0.3, -0.25) is 4.79 Å². The molecule has 0 amide bonds. The molecule has 1 fully saturated rings. The van der Waals surface area contributed by atoms with E-state index in [1.165, 1.54) is 205 Å². The largest absolute Gasteiger partial charge is 0.430 e. The fourth-order valence-corrected chi connectivity index (χ4v) is 6.70. The van der Waals surface area contributed by atoms with Gasteiger partial charge >= 0.3 is 5.97 Å². The zero-order valence-electron chi connectivity index (χ0n) is 31.3. The maximum Gasteiger partial charge on any atom is 0.321 e. The number of ether oxygens (including phenoxy) is 1. The molecule has 1 aliphatic heterocycles. The van der Waals surface area contributed by atoms with Gasteiger partial charge in [0.1, 0.15) is 11.7 Å². The lowest BCUT2D eigenvalue weighted by molar-refractivity contribution is -0.157. The van der Waals surface area contributed by atoms with E-state index >= 15 is 0 Å². The van der Waals surface area contributed by atoms with E-state index in [0.717, 1.165) is 18.6 Å². The van der Waals surface area contributed by atoms with E-state index < -0.39 is 0 Å². The Morgan fingerprint density at radius 1 is 0.413 bits per heavy atom. The molecule has 1 rings (SSSR count). The molecule has 0 N–H and O–H groups in total. The maximum atomic E-state index is 12.0. The summed E-state index contributed by atoms with van der Waals surface area (Å²) < 4.78 is 5.39. The van der Waals surface area contributed by atoms with Gasteiger partial charge in [-0.1, -0.05) is 186 Å². The molecule has 0 radical (unpaired) electrons. The van der Waals surface area contributed by atoms with Crippen LogP contribution in [0, 0.1) is 5.92 Å². The van der Waals surface area contributed by atoms with E-state index in [9.17, 15) is 4.79 Å². The molecule has 0 aromatic rings. The van der Waals surface area contributed by atoms with Crippen molar-refractivity contribution in [3.8, 4) is 0 Å². The van der Waals surface area contributed by atoms with Crippen molar-refractivity contribution in [2.24, 2.45) is 5.92 Å². The van der Waals surface area contributed by atoms with Gasteiger partial charge in [0.05, 0.1) is 0 Å². The van der Waals surface area contributed by atoms with E-state index in [0.29, 0.717) is 0 Å². The van der Waals surface area contributed by atoms with Gasteiger partial charge in [0.15, 0.2) is 0 Å². The van der Waals surface area contributed by atoms with E-state index in [4.69, 9.17) is 4.74 Å². The predicted octanol–water partition coefficient (Wildman–Crippen LogP) is 15.5. The zero-order valence-corrected chi connectivity index (χ0v) is 31.3. The van der Waals surface area contributed by atoms with Gasteiger partial charge in [0, 0.05) is 0 Å². The van der Waals surface area contributed by atoms with Gasteiger partial charge in [-0.05, 0) is 76.7 Å². The van der Waals surface area contributed by atoms with Crippen LogP contribution in [0.4, 0.5) is 0 Å². The molecule has 0 saturated carbocycles. The Balaban J connectivity index is 1.82. The molecule has 2 heteroatoms. The lowest BCUT2D eigenvalue weighted by Gasteiger charge is -2.28. The van der Waals surface area contributed by atoms with Crippen LogP contribution in [0.15, 0.2) is 36.1 Å². The number of esters is 1. The third kappa shape index (κ3) is 27.8. The fourth-order valence-electron chi connectivity index (χ4n) is 6.70. The second-order valence-corrected chi connectivity index (χ2v) is 14.4. The first-order chi connectivity index (χ1) is 22.8. The fraction of sp³-hybridized carbons (Fsp3) is 0.841. The van der Waals surface area contributed by atoms with Crippen LogP contribution in [0.5, 0.6) is 0 Å². The number of hydrogen-bond donors (Lipinski definition) is 0. The van der Waals surface area contributed by atoms with E-state index in [1.54, 1.807) is 0 Å². The first kappa shape index (κ1) is 42.7. The molecular formula is C44H80O2. The molecule has 1 unspecified atom stereocenters. The number of hydrogen-bond acceptors (Lipinski definition) is 2. The van der Waals surface area contributed by atoms with Crippen molar-refractivity contribution in [2.75, 3.05) is 0 Å². The van der Waals surface area contributed by atoms with Crippen LogP contribution in [0.1, 0.15) is 232 Å². The van der Waals surface area contributed by atoms with E-state index in [2.05, 4.69) is 44.2 Å². The minimum absolute atomic E-state index is 0.0175. The second kappa shape index (κ2) is 35.0. The van der Waals surface area contributed by atoms with Gasteiger partial charge in [0.25, 0.3) is 0 Å². The summed E-state index contributed by atoms with van der Waals surface area (Å²) in [5.74, 6) is 1.07. The van der Waals surface area contributed by atoms with Crippen molar-refractivity contribution in [1.82, 2.24) is 0 Å². The van der Waals surface area contributed by atoms with Crippen LogP contribution < -0.4 is 0 Å². The first-order valence-electron chi connectivity index (χ1n) is 21.0. The van der Waals surface area contributed by atoms with Crippen molar-refractivity contribution in [2.45, 2.75) is 232 Å². The molecule has 2 nitrogen and oxygen atoms in total. The monoisotopic (exact) mass is 641 g/mol. The van der Waals surface area contributed by atoms with Crippen LogP contribution in [-0.2, 0) is 9.53 Å². The van der Waals surface area contributed by atoms with Crippen LogP contribution in [0.2, 0.25) is 0 Å². The quantitative estimate of drug-likeness (QED) is 0.0387. The first-order valence-corrected chi connectivity index (χ1v) is 21.0. The minimum Gasteiger partial charge on any atom is -0.430 e. The smallest absolute Gasteiger partial charge is 0.321 e. The summed E-state index contributed by atoms with van der Waals surface area (Å²) in [6.07, 6.45) is 57.2. The van der Waals surface area contributed by atoms with Crippen LogP contribution >= 0.6 is 0 Å². The van der Waals surface area contributed by atoms with Crippen molar-refractivity contribution in [1.29, 1.82) is 0 Å². The Morgan fingerprint density at radius 3 is 1.07 bits per heavy atom. The molecular weight excluding hydrogens is 560 g/mol. The highest BCUT2D eigenvalue weighted by molar-refractivity contribution is 5.82. The average molecular weight is 641 g/mol. The third-order valence-electron chi connectivity index (χ3n) is 9.91. The van der Waals surface area contributed by atoms with Crippen molar-refractivity contribution in [3.05, 3.63) is 36.1 Å². The van der Waals surface area contributed by atoms with Crippen molar-refractivity contribution >= 4 is 5.97 Å². The number of rotatable bonds is 36. The van der Waals surface area contributed by atoms with Gasteiger partial charge in [-0.25, -0.2) is 0 Å². The summed E-state index contributed by atoms with van der Waals surface area (Å²) in [6, 6.07) is 0. The molecule has 268 valence electrons. The van der Waals surface area contributed by atoms with E-state index in [-0.39, 0.29) is 11.9 Å². The van der Waals surface area contributed by atoms with E-state index in [1.807, 2.05) is 0 Å². The summed E-state index contributed by atoms with van der Waals surface area (Å²) in [5, 5.41) is 0. The van der Waals surface area contributed by atoms with Crippen molar-refractivity contribution < 1.29 is 9.53 Å². The summed E-state index contributed by atoms with van der Waals surface area (Å²) in [4.78, 5) is 12.0. The van der Waals surface area contributed by atoms with Crippen LogP contribution in [0.25, 0.3) is 0 Å². The molecule has 0 aromatic heterocycles. The number of allylic oxidation sites excluding steroid dienone is 5. The molecule has 0 bridgehead atoms. The standard InChI is InChI=1S/C44H80O2/c1-3-5-7-9-11-13-15-17-19-21-23-25-27-29-31-33-35-37-39-41-43-42(44(45)46-43)40-38-36-34-32-30-28-26-24-22-20-18-16-14-12-10-8-6-4-2/h11-14,41-42H,3-10,15-40H2,1-2H3/b13-11+,14-12+,43-41+. The minimum atomic E-state index is 0.0175. The van der Waals surface area contributed by atoms with Gasteiger partial charge in [-0.2, -0.15) is 0 Å². The molecule has 1 heterocycles. The summed E-state index contributed by atoms with van der Waals surface area (Å²) >= 11 is 0. The topological polar surface area (TPSA) is 26.3 Å². The molecule has 0 aromatic carbocycles. The lowest BCUT2D eigenvalue weighted by Crippen LogP contribution is -2.32. The zero-order chi connectivity index (χ0) is 33.0. The predicted molar refractivity (Wildman–Crippen MR) is 204 cm³/mol. The Hall–Kier alpha value is -1.31. The summed E-state index contributed by atoms with van der Waals surface area (Å²) in [5.41, 5.74) is 0. The Bertz CT molecular complexity index is 732. The van der Waals surface area contributed by atoms with Crippen molar-refractivity contribution in [3.63, 3.8) is 0 Å². The maximum absolute atomic E-state index is 12.0. The number of carbonyl (C=O) groups is 1. The normalized spacial score (nSPS) is 15.8. The van der Waals surface area contributed by atoms with Gasteiger partial charge < -0.3 is 4.74 Å². The Labute approximate surface area is 289 Å². The van der Waals surface area contributed by atoms with Crippen LogP contribution in [-0.4, -0.2) is 5.97 Å². The molecule has 1 saturated heterocycles. The Morgan fingerprint density at radius 2 is 0.717 bits per heavy atom. The number of carbonyl (C=O) groups excluding carboxylic acids is 1. The summed E-state index contributed by atoms with van der Waals surface area (Å²) in [6.45, 7) is 4.55. The summed E-state index contributed by atoms with van der Waals surface area (Å²) in [7, 11) is 0.